The van der Waals surface area contributed by atoms with Crippen molar-refractivity contribution >= 4 is 17.7 Å². The molecule has 0 aliphatic carbocycles. The number of allylic oxidation sites excluding steroid dienone is 1. The van der Waals surface area contributed by atoms with Crippen LogP contribution < -0.4 is 10.1 Å². The minimum Gasteiger partial charge on any atom is -0.492 e. The maximum absolute atomic E-state index is 12.1. The van der Waals surface area contributed by atoms with Gasteiger partial charge in [-0.15, -0.1) is 0 Å². The third-order valence-electron chi connectivity index (χ3n) is 3.76. The molecule has 0 radical (unpaired) electrons. The Bertz CT molecular complexity index is 737. The van der Waals surface area contributed by atoms with Crippen molar-refractivity contribution in [3.8, 4) is 11.8 Å². The Morgan fingerprint density at radius 1 is 1.44 bits per heavy atom. The van der Waals surface area contributed by atoms with E-state index in [9.17, 15) is 10.1 Å². The minimum atomic E-state index is -0.533. The normalized spacial score (nSPS) is 19.6. The highest BCUT2D eigenvalue weighted by molar-refractivity contribution is 8.05. The van der Waals surface area contributed by atoms with E-state index >= 15 is 0 Å². The monoisotopic (exact) mass is 360 g/mol. The molecule has 2 rings (SSSR count). The highest BCUT2D eigenvalue weighted by Gasteiger charge is 2.38. The van der Waals surface area contributed by atoms with Crippen LogP contribution in [0.5, 0.6) is 5.75 Å². The molecular formula is C19H24N2O3S. The first-order valence-corrected chi connectivity index (χ1v) is 9.15. The molecule has 1 heterocycles. The summed E-state index contributed by atoms with van der Waals surface area (Å²) in [4.78, 5) is 12.1. The molecule has 0 amide bonds. The molecule has 134 valence electrons. The molecule has 1 N–H and O–H groups in total. The highest BCUT2D eigenvalue weighted by atomic mass is 32.2. The van der Waals surface area contributed by atoms with Crippen LogP contribution in [0.15, 0.2) is 28.8 Å². The second-order valence-electron chi connectivity index (χ2n) is 6.46. The number of esters is 1. The zero-order valence-electron chi connectivity index (χ0n) is 15.3. The Morgan fingerprint density at radius 2 is 2.16 bits per heavy atom. The van der Waals surface area contributed by atoms with Crippen LogP contribution in [0.2, 0.25) is 0 Å². The molecule has 0 spiro atoms. The standard InChI is InChI=1S/C19H24N2O3S/c1-6-23-18(22)17-13(4)21-19(5,25-17)15-7-8-16(14(9-15)10-20)24-11-12(2)3/h7-9,12,21H,6,11H2,1-5H3. The van der Waals surface area contributed by atoms with E-state index in [1.165, 1.54) is 11.8 Å². The van der Waals surface area contributed by atoms with Gasteiger partial charge in [0, 0.05) is 5.70 Å². The number of hydrogen-bond acceptors (Lipinski definition) is 6. The van der Waals surface area contributed by atoms with Crippen LogP contribution in [0.3, 0.4) is 0 Å². The number of ether oxygens (including phenoxy) is 2. The molecule has 5 nitrogen and oxygen atoms in total. The van der Waals surface area contributed by atoms with Gasteiger partial charge in [0.25, 0.3) is 0 Å². The molecular weight excluding hydrogens is 336 g/mol. The summed E-state index contributed by atoms with van der Waals surface area (Å²) in [6.07, 6.45) is 0. The van der Waals surface area contributed by atoms with E-state index < -0.39 is 4.87 Å². The second kappa shape index (κ2) is 7.83. The van der Waals surface area contributed by atoms with Gasteiger partial charge in [-0.3, -0.25) is 0 Å². The Morgan fingerprint density at radius 3 is 2.76 bits per heavy atom. The molecule has 6 heteroatoms. The summed E-state index contributed by atoms with van der Waals surface area (Å²) in [5.41, 5.74) is 2.18. The molecule has 1 aromatic carbocycles. The molecule has 0 saturated heterocycles. The fraction of sp³-hybridized carbons (Fsp3) is 0.474. The van der Waals surface area contributed by atoms with Gasteiger partial charge in [0.15, 0.2) is 0 Å². The van der Waals surface area contributed by atoms with Crippen LogP contribution in [0.4, 0.5) is 0 Å². The summed E-state index contributed by atoms with van der Waals surface area (Å²) >= 11 is 1.41. The lowest BCUT2D eigenvalue weighted by molar-refractivity contribution is -0.137. The zero-order valence-corrected chi connectivity index (χ0v) is 16.1. The van der Waals surface area contributed by atoms with Gasteiger partial charge in [-0.1, -0.05) is 31.7 Å². The van der Waals surface area contributed by atoms with Crippen molar-refractivity contribution in [2.75, 3.05) is 13.2 Å². The predicted octanol–water partition coefficient (Wildman–Crippen LogP) is 3.90. The van der Waals surface area contributed by atoms with Crippen LogP contribution in [-0.2, 0) is 14.4 Å². The smallest absolute Gasteiger partial charge is 0.346 e. The van der Waals surface area contributed by atoms with Gasteiger partial charge >= 0.3 is 5.97 Å². The van der Waals surface area contributed by atoms with Gasteiger partial charge in [-0.2, -0.15) is 5.26 Å². The maximum Gasteiger partial charge on any atom is 0.346 e. The fourth-order valence-electron chi connectivity index (χ4n) is 2.54. The van der Waals surface area contributed by atoms with Crippen molar-refractivity contribution in [2.45, 2.75) is 39.5 Å². The van der Waals surface area contributed by atoms with E-state index in [1.54, 1.807) is 6.92 Å². The van der Waals surface area contributed by atoms with Gasteiger partial charge in [-0.25, -0.2) is 4.79 Å². The topological polar surface area (TPSA) is 71.3 Å². The van der Waals surface area contributed by atoms with E-state index in [0.717, 1.165) is 11.3 Å². The molecule has 1 unspecified atom stereocenters. The number of carbonyl (C=O) groups excluding carboxylic acids is 1. The Hall–Kier alpha value is -2.13. The van der Waals surface area contributed by atoms with Gasteiger partial charge in [-0.05, 0) is 44.4 Å². The van der Waals surface area contributed by atoms with E-state index in [4.69, 9.17) is 9.47 Å². The lowest BCUT2D eigenvalue weighted by Gasteiger charge is -2.26. The fourth-order valence-corrected chi connectivity index (χ4v) is 3.74. The molecule has 0 saturated carbocycles. The number of carbonyl (C=O) groups is 1. The number of nitriles is 1. The van der Waals surface area contributed by atoms with Gasteiger partial charge in [0.2, 0.25) is 0 Å². The van der Waals surface area contributed by atoms with Crippen molar-refractivity contribution in [3.63, 3.8) is 0 Å². The number of hydrogen-bond donors (Lipinski definition) is 1. The van der Waals surface area contributed by atoms with E-state index in [2.05, 4.69) is 25.2 Å². The summed E-state index contributed by atoms with van der Waals surface area (Å²) in [5, 5.41) is 12.8. The molecule has 1 atom stereocenters. The van der Waals surface area contributed by atoms with Crippen molar-refractivity contribution in [1.29, 1.82) is 5.26 Å². The maximum atomic E-state index is 12.1. The molecule has 1 aliphatic rings. The second-order valence-corrected chi connectivity index (χ2v) is 7.89. The van der Waals surface area contributed by atoms with Crippen molar-refractivity contribution < 1.29 is 14.3 Å². The third kappa shape index (κ3) is 4.29. The first-order valence-electron chi connectivity index (χ1n) is 8.33. The van der Waals surface area contributed by atoms with Crippen LogP contribution >= 0.6 is 11.8 Å². The van der Waals surface area contributed by atoms with Gasteiger partial charge in [0.05, 0.1) is 18.8 Å². The Labute approximate surface area is 153 Å². The van der Waals surface area contributed by atoms with Crippen LogP contribution in [0, 0.1) is 17.2 Å². The van der Waals surface area contributed by atoms with Crippen LogP contribution in [0.1, 0.15) is 45.7 Å². The number of thioether (sulfide) groups is 1. The first-order chi connectivity index (χ1) is 11.8. The number of benzene rings is 1. The predicted molar refractivity (Wildman–Crippen MR) is 98.9 cm³/mol. The molecule has 0 aromatic heterocycles. The summed E-state index contributed by atoms with van der Waals surface area (Å²) in [5.74, 6) is 0.648. The molecule has 0 bridgehead atoms. The van der Waals surface area contributed by atoms with Crippen LogP contribution in [-0.4, -0.2) is 19.2 Å². The van der Waals surface area contributed by atoms with E-state index in [1.807, 2.05) is 32.0 Å². The van der Waals surface area contributed by atoms with Gasteiger partial charge in [0.1, 0.15) is 21.6 Å². The summed E-state index contributed by atoms with van der Waals surface area (Å²) in [6.45, 7) is 10.7. The Balaban J connectivity index is 2.25. The SMILES string of the molecule is CCOC(=O)C1=C(C)NC(C)(c2ccc(OCC(C)C)c(C#N)c2)S1. The van der Waals surface area contributed by atoms with E-state index in [-0.39, 0.29) is 5.97 Å². The summed E-state index contributed by atoms with van der Waals surface area (Å²) in [6, 6.07) is 7.76. The van der Waals surface area contributed by atoms with Crippen molar-refractivity contribution in [1.82, 2.24) is 5.32 Å². The highest BCUT2D eigenvalue weighted by Crippen LogP contribution is 2.46. The largest absolute Gasteiger partial charge is 0.492 e. The van der Waals surface area contributed by atoms with Gasteiger partial charge < -0.3 is 14.8 Å². The Kier molecular flexibility index (Phi) is 6.02. The number of rotatable bonds is 6. The van der Waals surface area contributed by atoms with Crippen LogP contribution in [0.25, 0.3) is 0 Å². The number of nitrogens with zero attached hydrogens (tertiary/aromatic N) is 1. The first kappa shape index (κ1) is 19.2. The lowest BCUT2D eigenvalue weighted by atomic mass is 10.0. The lowest BCUT2D eigenvalue weighted by Crippen LogP contribution is -2.30. The quantitative estimate of drug-likeness (QED) is 0.776. The average molecular weight is 360 g/mol. The summed E-state index contributed by atoms with van der Waals surface area (Å²) < 4.78 is 10.8. The third-order valence-corrected chi connectivity index (χ3v) is 5.18. The number of nitrogens with one attached hydrogen (secondary N) is 1. The molecule has 0 fully saturated rings. The minimum absolute atomic E-state index is 0.321. The molecule has 1 aromatic rings. The molecule has 1 aliphatic heterocycles. The molecule has 25 heavy (non-hydrogen) atoms. The van der Waals surface area contributed by atoms with Crippen molar-refractivity contribution in [3.05, 3.63) is 39.9 Å². The van der Waals surface area contributed by atoms with Crippen molar-refractivity contribution in [2.24, 2.45) is 5.92 Å². The zero-order chi connectivity index (χ0) is 18.6. The summed E-state index contributed by atoms with van der Waals surface area (Å²) in [7, 11) is 0. The average Bonchev–Trinajstić information content (AvgIpc) is 2.89. The van der Waals surface area contributed by atoms with E-state index in [0.29, 0.717) is 35.3 Å².